The predicted molar refractivity (Wildman–Crippen MR) is 82.7 cm³/mol. The molecule has 0 atom stereocenters. The molecule has 2 heterocycles. The van der Waals surface area contributed by atoms with Gasteiger partial charge < -0.3 is 15.8 Å². The smallest absolute Gasteiger partial charge is 0.188 e. The Labute approximate surface area is 120 Å². The minimum absolute atomic E-state index is 0.481. The van der Waals surface area contributed by atoms with E-state index in [0.717, 1.165) is 26.8 Å². The Bertz CT molecular complexity index is 741. The van der Waals surface area contributed by atoms with Crippen LogP contribution in [0.5, 0.6) is 5.75 Å². The van der Waals surface area contributed by atoms with Crippen LogP contribution in [0.2, 0.25) is 0 Å². The Hall–Kier alpha value is -2.34. The SMILES string of the molecule is CCOc1ccc2nc(Nc3ccnc(N)c3)sc2c1. The highest BCUT2D eigenvalue weighted by atomic mass is 32.1. The summed E-state index contributed by atoms with van der Waals surface area (Å²) in [5, 5.41) is 4.05. The van der Waals surface area contributed by atoms with Crippen LogP contribution in [0.4, 0.5) is 16.6 Å². The van der Waals surface area contributed by atoms with Gasteiger partial charge in [-0.3, -0.25) is 0 Å². The first-order chi connectivity index (χ1) is 9.74. The number of thiazole rings is 1. The van der Waals surface area contributed by atoms with Crippen LogP contribution in [0, 0.1) is 0 Å². The zero-order valence-electron chi connectivity index (χ0n) is 11.0. The van der Waals surface area contributed by atoms with Gasteiger partial charge in [-0.2, -0.15) is 0 Å². The first kappa shape index (κ1) is 12.7. The van der Waals surface area contributed by atoms with Crippen molar-refractivity contribution in [3.05, 3.63) is 36.5 Å². The minimum atomic E-state index is 0.481. The number of hydrogen-bond donors (Lipinski definition) is 2. The summed E-state index contributed by atoms with van der Waals surface area (Å²) in [5.74, 6) is 1.35. The van der Waals surface area contributed by atoms with Crippen LogP contribution in [0.3, 0.4) is 0 Å². The monoisotopic (exact) mass is 286 g/mol. The molecule has 0 aliphatic carbocycles. The zero-order valence-corrected chi connectivity index (χ0v) is 11.8. The molecule has 3 rings (SSSR count). The number of nitrogens with one attached hydrogen (secondary N) is 1. The van der Waals surface area contributed by atoms with Crippen molar-refractivity contribution in [3.8, 4) is 5.75 Å². The molecular weight excluding hydrogens is 272 g/mol. The van der Waals surface area contributed by atoms with Crippen molar-refractivity contribution in [1.29, 1.82) is 0 Å². The van der Waals surface area contributed by atoms with Gasteiger partial charge in [-0.25, -0.2) is 9.97 Å². The van der Waals surface area contributed by atoms with Crippen molar-refractivity contribution < 1.29 is 4.74 Å². The number of benzene rings is 1. The minimum Gasteiger partial charge on any atom is -0.494 e. The number of pyridine rings is 1. The van der Waals surface area contributed by atoms with E-state index in [9.17, 15) is 0 Å². The number of hydrogen-bond acceptors (Lipinski definition) is 6. The van der Waals surface area contributed by atoms with E-state index < -0.39 is 0 Å². The molecule has 0 aliphatic rings. The number of anilines is 3. The van der Waals surface area contributed by atoms with E-state index in [2.05, 4.69) is 15.3 Å². The van der Waals surface area contributed by atoms with E-state index in [-0.39, 0.29) is 0 Å². The number of nitrogens with zero attached hydrogens (tertiary/aromatic N) is 2. The highest BCUT2D eigenvalue weighted by Gasteiger charge is 2.06. The first-order valence-corrected chi connectivity index (χ1v) is 7.08. The van der Waals surface area contributed by atoms with Crippen LogP contribution in [0.15, 0.2) is 36.5 Å². The summed E-state index contributed by atoms with van der Waals surface area (Å²) >= 11 is 1.57. The van der Waals surface area contributed by atoms with Crippen LogP contribution in [-0.4, -0.2) is 16.6 Å². The molecule has 6 heteroatoms. The van der Waals surface area contributed by atoms with Gasteiger partial charge in [-0.05, 0) is 31.2 Å². The Morgan fingerprint density at radius 3 is 3.00 bits per heavy atom. The molecule has 0 unspecified atom stereocenters. The molecular formula is C14H14N4OS. The molecule has 20 heavy (non-hydrogen) atoms. The average Bonchev–Trinajstić information content (AvgIpc) is 2.80. The molecule has 0 spiro atoms. The summed E-state index contributed by atoms with van der Waals surface area (Å²) < 4.78 is 6.57. The molecule has 0 aliphatic heterocycles. The van der Waals surface area contributed by atoms with Crippen LogP contribution >= 0.6 is 11.3 Å². The summed E-state index contributed by atoms with van der Waals surface area (Å²) in [6.45, 7) is 2.63. The highest BCUT2D eigenvalue weighted by molar-refractivity contribution is 7.22. The topological polar surface area (TPSA) is 73.1 Å². The van der Waals surface area contributed by atoms with Gasteiger partial charge in [-0.15, -0.1) is 0 Å². The molecule has 1 aromatic carbocycles. The summed E-state index contributed by atoms with van der Waals surface area (Å²) in [6, 6.07) is 9.52. The van der Waals surface area contributed by atoms with Crippen molar-refractivity contribution in [2.24, 2.45) is 0 Å². The second kappa shape index (κ2) is 5.34. The molecule has 3 N–H and O–H groups in total. The molecule has 0 bridgehead atoms. The second-order valence-corrected chi connectivity index (χ2v) is 5.21. The van der Waals surface area contributed by atoms with E-state index in [0.29, 0.717) is 12.4 Å². The number of fused-ring (bicyclic) bond motifs is 1. The van der Waals surface area contributed by atoms with Crippen LogP contribution in [0.25, 0.3) is 10.2 Å². The molecule has 0 saturated heterocycles. The Balaban J connectivity index is 1.89. The third kappa shape index (κ3) is 2.65. The molecule has 0 fully saturated rings. The van der Waals surface area contributed by atoms with E-state index in [1.165, 1.54) is 0 Å². The maximum Gasteiger partial charge on any atom is 0.188 e. The molecule has 2 aromatic heterocycles. The van der Waals surface area contributed by atoms with Crippen molar-refractivity contribution in [2.45, 2.75) is 6.92 Å². The largest absolute Gasteiger partial charge is 0.494 e. The van der Waals surface area contributed by atoms with Gasteiger partial charge in [0.15, 0.2) is 5.13 Å². The fraction of sp³-hybridized carbons (Fsp3) is 0.143. The van der Waals surface area contributed by atoms with Crippen LogP contribution in [0.1, 0.15) is 6.92 Å². The van der Waals surface area contributed by atoms with Gasteiger partial charge >= 0.3 is 0 Å². The normalized spacial score (nSPS) is 10.7. The molecule has 0 saturated carbocycles. The van der Waals surface area contributed by atoms with Crippen molar-refractivity contribution in [2.75, 3.05) is 17.7 Å². The third-order valence-electron chi connectivity index (χ3n) is 2.70. The van der Waals surface area contributed by atoms with Gasteiger partial charge in [0.25, 0.3) is 0 Å². The van der Waals surface area contributed by atoms with Crippen LogP contribution in [-0.2, 0) is 0 Å². The van der Waals surface area contributed by atoms with E-state index >= 15 is 0 Å². The third-order valence-corrected chi connectivity index (χ3v) is 3.64. The summed E-state index contributed by atoms with van der Waals surface area (Å²) in [6.07, 6.45) is 1.66. The number of nitrogen functional groups attached to an aromatic ring is 1. The van der Waals surface area contributed by atoms with Gasteiger partial charge in [0, 0.05) is 18.0 Å². The zero-order chi connectivity index (χ0) is 13.9. The Morgan fingerprint density at radius 1 is 1.30 bits per heavy atom. The van der Waals surface area contributed by atoms with Crippen molar-refractivity contribution in [1.82, 2.24) is 9.97 Å². The summed E-state index contributed by atoms with van der Waals surface area (Å²) in [7, 11) is 0. The summed E-state index contributed by atoms with van der Waals surface area (Å²) in [4.78, 5) is 8.49. The number of aromatic nitrogens is 2. The maximum absolute atomic E-state index is 5.66. The molecule has 3 aromatic rings. The van der Waals surface area contributed by atoms with Gasteiger partial charge in [0.2, 0.25) is 0 Å². The lowest BCUT2D eigenvalue weighted by atomic mass is 10.3. The Morgan fingerprint density at radius 2 is 2.20 bits per heavy atom. The standard InChI is InChI=1S/C14H14N4OS/c1-2-19-10-3-4-11-12(8-10)20-14(18-11)17-9-5-6-16-13(15)7-9/h3-8H,2H2,1H3,(H3,15,16,17,18). The van der Waals surface area contributed by atoms with Crippen molar-refractivity contribution in [3.63, 3.8) is 0 Å². The second-order valence-electron chi connectivity index (χ2n) is 4.18. The lowest BCUT2D eigenvalue weighted by Crippen LogP contribution is -1.93. The van der Waals surface area contributed by atoms with E-state index in [4.69, 9.17) is 10.5 Å². The van der Waals surface area contributed by atoms with Gasteiger partial charge in [-0.1, -0.05) is 11.3 Å². The quantitative estimate of drug-likeness (QED) is 0.769. The van der Waals surface area contributed by atoms with Crippen LogP contribution < -0.4 is 15.8 Å². The van der Waals surface area contributed by atoms with E-state index in [1.807, 2.05) is 31.2 Å². The molecule has 5 nitrogen and oxygen atoms in total. The fourth-order valence-electron chi connectivity index (χ4n) is 1.86. The molecule has 102 valence electrons. The van der Waals surface area contributed by atoms with Gasteiger partial charge in [0.05, 0.1) is 16.8 Å². The predicted octanol–water partition coefficient (Wildman–Crippen LogP) is 3.42. The number of nitrogens with two attached hydrogens (primary N) is 1. The average molecular weight is 286 g/mol. The Kier molecular flexibility index (Phi) is 3.39. The fourth-order valence-corrected chi connectivity index (χ4v) is 2.78. The summed E-state index contributed by atoms with van der Waals surface area (Å²) in [5.41, 5.74) is 7.48. The lowest BCUT2D eigenvalue weighted by molar-refractivity contribution is 0.341. The highest BCUT2D eigenvalue weighted by Crippen LogP contribution is 2.31. The van der Waals surface area contributed by atoms with Gasteiger partial charge in [0.1, 0.15) is 11.6 Å². The number of ether oxygens (including phenoxy) is 1. The first-order valence-electron chi connectivity index (χ1n) is 6.26. The number of rotatable bonds is 4. The lowest BCUT2D eigenvalue weighted by Gasteiger charge is -2.01. The van der Waals surface area contributed by atoms with E-state index in [1.54, 1.807) is 23.6 Å². The molecule has 0 amide bonds. The maximum atomic E-state index is 5.66. The van der Waals surface area contributed by atoms with Crippen molar-refractivity contribution >= 4 is 38.2 Å². The molecule has 0 radical (unpaired) electrons.